The van der Waals surface area contributed by atoms with Gasteiger partial charge in [-0.05, 0) is 6.92 Å². The number of hydrazine groups is 1. The third-order valence-corrected chi connectivity index (χ3v) is 1.03. The summed E-state index contributed by atoms with van der Waals surface area (Å²) in [5.74, 6) is 4.98. The van der Waals surface area contributed by atoms with Crippen LogP contribution in [0.2, 0.25) is 0 Å². The van der Waals surface area contributed by atoms with E-state index in [9.17, 15) is 4.79 Å². The average Bonchev–Trinajstić information content (AvgIpc) is 1.87. The summed E-state index contributed by atoms with van der Waals surface area (Å²) in [5.41, 5.74) is 0.583. The molecule has 3 nitrogen and oxygen atoms in total. The van der Waals surface area contributed by atoms with Crippen molar-refractivity contribution in [3.8, 4) is 0 Å². The quantitative estimate of drug-likeness (QED) is 0.199. The first kappa shape index (κ1) is 8.91. The Labute approximate surface area is 60.8 Å². The number of carbonyl (C=O) groups is 1. The molecule has 1 amide bonds. The predicted molar refractivity (Wildman–Crippen MR) is 40.9 cm³/mol. The highest BCUT2D eigenvalue weighted by Gasteiger charge is 2.04. The van der Waals surface area contributed by atoms with Crippen LogP contribution < -0.4 is 5.84 Å². The second-order valence-electron chi connectivity index (χ2n) is 2.00. The zero-order valence-corrected chi connectivity index (χ0v) is 6.29. The molecule has 3 heteroatoms. The SMILES string of the molecule is C=C/C=C(/C)C(=O)N(C)N. The molecule has 0 aliphatic rings. The Balaban J connectivity index is 4.21. The van der Waals surface area contributed by atoms with E-state index in [0.29, 0.717) is 5.57 Å². The molecule has 0 spiro atoms. The van der Waals surface area contributed by atoms with Crippen molar-refractivity contribution in [3.05, 3.63) is 24.3 Å². The summed E-state index contributed by atoms with van der Waals surface area (Å²) < 4.78 is 0. The first-order chi connectivity index (χ1) is 4.59. The molecule has 0 unspecified atom stereocenters. The van der Waals surface area contributed by atoms with Gasteiger partial charge in [0.15, 0.2) is 0 Å². The highest BCUT2D eigenvalue weighted by molar-refractivity contribution is 5.92. The number of allylic oxidation sites excluding steroid dienone is 2. The Morgan fingerprint density at radius 2 is 2.20 bits per heavy atom. The number of likely N-dealkylation sites (N-methyl/N-ethyl adjacent to an activating group) is 1. The molecule has 0 aromatic rings. The summed E-state index contributed by atoms with van der Waals surface area (Å²) in [6.45, 7) is 5.14. The van der Waals surface area contributed by atoms with Crippen LogP contribution in [0.3, 0.4) is 0 Å². The fraction of sp³-hybridized carbons (Fsp3) is 0.286. The molecule has 56 valence electrons. The van der Waals surface area contributed by atoms with Gasteiger partial charge in [-0.25, -0.2) is 5.84 Å². The van der Waals surface area contributed by atoms with E-state index in [2.05, 4.69) is 6.58 Å². The predicted octanol–water partition coefficient (Wildman–Crippen LogP) is 0.451. The smallest absolute Gasteiger partial charge is 0.263 e. The number of carbonyl (C=O) groups excluding carboxylic acids is 1. The van der Waals surface area contributed by atoms with Gasteiger partial charge in [0.05, 0.1) is 0 Å². The minimum atomic E-state index is -0.195. The molecule has 0 saturated heterocycles. The van der Waals surface area contributed by atoms with Crippen LogP contribution >= 0.6 is 0 Å². The summed E-state index contributed by atoms with van der Waals surface area (Å²) in [5, 5.41) is 1.04. The van der Waals surface area contributed by atoms with E-state index in [1.54, 1.807) is 19.1 Å². The Bertz CT molecular complexity index is 170. The molecule has 0 saturated carbocycles. The van der Waals surface area contributed by atoms with E-state index in [0.717, 1.165) is 5.01 Å². The largest absolute Gasteiger partial charge is 0.280 e. The van der Waals surface area contributed by atoms with Crippen LogP contribution in [0, 0.1) is 0 Å². The lowest BCUT2D eigenvalue weighted by molar-refractivity contribution is -0.126. The Morgan fingerprint density at radius 1 is 1.70 bits per heavy atom. The summed E-state index contributed by atoms with van der Waals surface area (Å²) in [4.78, 5) is 10.9. The van der Waals surface area contributed by atoms with Gasteiger partial charge in [0.25, 0.3) is 5.91 Å². The molecule has 0 aromatic heterocycles. The number of hydrogen-bond donors (Lipinski definition) is 1. The van der Waals surface area contributed by atoms with Crippen molar-refractivity contribution >= 4 is 5.91 Å². The third-order valence-electron chi connectivity index (χ3n) is 1.03. The van der Waals surface area contributed by atoms with Gasteiger partial charge in [-0.1, -0.05) is 18.7 Å². The lowest BCUT2D eigenvalue weighted by Gasteiger charge is -2.08. The first-order valence-electron chi connectivity index (χ1n) is 2.91. The van der Waals surface area contributed by atoms with Crippen LogP contribution in [0.5, 0.6) is 0 Å². The normalized spacial score (nSPS) is 10.9. The second-order valence-corrected chi connectivity index (χ2v) is 2.00. The van der Waals surface area contributed by atoms with Gasteiger partial charge < -0.3 is 0 Å². The van der Waals surface area contributed by atoms with Crippen LogP contribution in [0.4, 0.5) is 0 Å². The number of amides is 1. The van der Waals surface area contributed by atoms with Crippen molar-refractivity contribution in [2.45, 2.75) is 6.92 Å². The van der Waals surface area contributed by atoms with Crippen molar-refractivity contribution in [1.82, 2.24) is 5.01 Å². The molecule has 0 radical (unpaired) electrons. The maximum atomic E-state index is 10.9. The van der Waals surface area contributed by atoms with E-state index in [4.69, 9.17) is 5.84 Å². The molecule has 0 aliphatic carbocycles. The standard InChI is InChI=1S/C7H12N2O/c1-4-5-6(2)7(10)9(3)8/h4-5H,1,8H2,2-3H3/b6-5-. The van der Waals surface area contributed by atoms with Crippen molar-refractivity contribution in [1.29, 1.82) is 0 Å². The molecule has 0 fully saturated rings. The van der Waals surface area contributed by atoms with Crippen molar-refractivity contribution in [2.24, 2.45) is 5.84 Å². The Morgan fingerprint density at radius 3 is 2.50 bits per heavy atom. The van der Waals surface area contributed by atoms with Crippen molar-refractivity contribution in [2.75, 3.05) is 7.05 Å². The van der Waals surface area contributed by atoms with E-state index in [-0.39, 0.29) is 5.91 Å². The summed E-state index contributed by atoms with van der Waals surface area (Å²) in [6, 6.07) is 0. The molecule has 0 aliphatic heterocycles. The van der Waals surface area contributed by atoms with Gasteiger partial charge in [0.2, 0.25) is 0 Å². The Kier molecular flexibility index (Phi) is 3.43. The maximum Gasteiger partial charge on any atom is 0.263 e. The van der Waals surface area contributed by atoms with Crippen LogP contribution in [-0.2, 0) is 4.79 Å². The van der Waals surface area contributed by atoms with Crippen LogP contribution in [0.15, 0.2) is 24.3 Å². The van der Waals surface area contributed by atoms with Crippen molar-refractivity contribution < 1.29 is 4.79 Å². The fourth-order valence-electron chi connectivity index (χ4n) is 0.526. The second kappa shape index (κ2) is 3.85. The molecule has 0 aromatic carbocycles. The molecule has 10 heavy (non-hydrogen) atoms. The van der Waals surface area contributed by atoms with E-state index in [1.165, 1.54) is 7.05 Å². The van der Waals surface area contributed by atoms with Crippen LogP contribution in [-0.4, -0.2) is 18.0 Å². The van der Waals surface area contributed by atoms with Gasteiger partial charge in [-0.2, -0.15) is 0 Å². The lowest BCUT2D eigenvalue weighted by Crippen LogP contribution is -2.33. The molecular formula is C7H12N2O. The van der Waals surface area contributed by atoms with Crippen LogP contribution in [0.25, 0.3) is 0 Å². The molecule has 0 bridgehead atoms. The van der Waals surface area contributed by atoms with Gasteiger partial charge in [-0.3, -0.25) is 9.80 Å². The number of hydrogen-bond acceptors (Lipinski definition) is 2. The maximum absolute atomic E-state index is 10.9. The minimum Gasteiger partial charge on any atom is -0.280 e. The average molecular weight is 140 g/mol. The molecule has 0 atom stereocenters. The highest BCUT2D eigenvalue weighted by Crippen LogP contribution is 1.94. The van der Waals surface area contributed by atoms with Gasteiger partial charge in [-0.15, -0.1) is 0 Å². The monoisotopic (exact) mass is 140 g/mol. The molecule has 2 N–H and O–H groups in total. The van der Waals surface area contributed by atoms with E-state index in [1.807, 2.05) is 0 Å². The molecule has 0 rings (SSSR count). The number of nitrogens with zero attached hydrogens (tertiary/aromatic N) is 1. The lowest BCUT2D eigenvalue weighted by atomic mass is 10.2. The zero-order chi connectivity index (χ0) is 8.15. The summed E-state index contributed by atoms with van der Waals surface area (Å²) >= 11 is 0. The number of nitrogens with two attached hydrogens (primary N) is 1. The van der Waals surface area contributed by atoms with Gasteiger partial charge in [0, 0.05) is 12.6 Å². The third kappa shape index (κ3) is 2.46. The number of rotatable bonds is 2. The van der Waals surface area contributed by atoms with E-state index < -0.39 is 0 Å². The minimum absolute atomic E-state index is 0.195. The first-order valence-corrected chi connectivity index (χ1v) is 2.91. The molecule has 0 heterocycles. The Hall–Kier alpha value is -1.09. The van der Waals surface area contributed by atoms with Gasteiger partial charge in [0.1, 0.15) is 0 Å². The van der Waals surface area contributed by atoms with E-state index >= 15 is 0 Å². The van der Waals surface area contributed by atoms with Crippen LogP contribution in [0.1, 0.15) is 6.92 Å². The van der Waals surface area contributed by atoms with Crippen molar-refractivity contribution in [3.63, 3.8) is 0 Å². The summed E-state index contributed by atoms with van der Waals surface area (Å²) in [7, 11) is 1.50. The highest BCUT2D eigenvalue weighted by atomic mass is 16.2. The topological polar surface area (TPSA) is 46.3 Å². The fourth-order valence-corrected chi connectivity index (χ4v) is 0.526. The summed E-state index contributed by atoms with van der Waals surface area (Å²) in [6.07, 6.45) is 3.17. The van der Waals surface area contributed by atoms with Gasteiger partial charge >= 0.3 is 0 Å². The molecular weight excluding hydrogens is 128 g/mol. The zero-order valence-electron chi connectivity index (χ0n) is 6.29.